The molecule has 1 aliphatic carbocycles. The standard InChI is InChI=1S/C13H25NO3/c1-9-5-10(7-13(2,3)6-9)17-8-11(14)12(15)16-4/h9-11H,5-8,14H2,1-4H3. The Kier molecular flexibility index (Phi) is 4.95. The van der Waals surface area contributed by atoms with E-state index in [1.165, 1.54) is 13.5 Å². The van der Waals surface area contributed by atoms with Crippen LogP contribution in [-0.4, -0.2) is 31.8 Å². The average Bonchev–Trinajstić information content (AvgIpc) is 2.22. The van der Waals surface area contributed by atoms with Crippen molar-refractivity contribution in [2.45, 2.75) is 52.2 Å². The van der Waals surface area contributed by atoms with Gasteiger partial charge < -0.3 is 15.2 Å². The number of carbonyl (C=O) groups is 1. The number of esters is 1. The average molecular weight is 243 g/mol. The topological polar surface area (TPSA) is 61.5 Å². The molecule has 0 amide bonds. The molecule has 1 fully saturated rings. The maximum absolute atomic E-state index is 11.1. The molecule has 100 valence electrons. The van der Waals surface area contributed by atoms with Crippen molar-refractivity contribution < 1.29 is 14.3 Å². The quantitative estimate of drug-likeness (QED) is 0.764. The zero-order valence-electron chi connectivity index (χ0n) is 11.4. The Balaban J connectivity index is 2.39. The summed E-state index contributed by atoms with van der Waals surface area (Å²) in [5.41, 5.74) is 5.96. The van der Waals surface area contributed by atoms with Gasteiger partial charge in [0.15, 0.2) is 0 Å². The van der Waals surface area contributed by atoms with Gasteiger partial charge in [-0.3, -0.25) is 4.79 Å². The molecule has 3 unspecified atom stereocenters. The summed E-state index contributed by atoms with van der Waals surface area (Å²) in [6.45, 7) is 7.02. The Morgan fingerprint density at radius 1 is 1.47 bits per heavy atom. The van der Waals surface area contributed by atoms with E-state index in [4.69, 9.17) is 10.5 Å². The molecule has 0 aromatic carbocycles. The van der Waals surface area contributed by atoms with Gasteiger partial charge >= 0.3 is 5.97 Å². The van der Waals surface area contributed by atoms with E-state index >= 15 is 0 Å². The highest BCUT2D eigenvalue weighted by Gasteiger charge is 2.33. The van der Waals surface area contributed by atoms with Crippen LogP contribution in [0.25, 0.3) is 0 Å². The molecular weight excluding hydrogens is 218 g/mol. The first-order valence-electron chi connectivity index (χ1n) is 6.29. The Labute approximate surface area is 104 Å². The second-order valence-electron chi connectivity index (χ2n) is 6.00. The van der Waals surface area contributed by atoms with E-state index in [0.29, 0.717) is 11.3 Å². The number of hydrogen-bond donors (Lipinski definition) is 1. The van der Waals surface area contributed by atoms with Crippen LogP contribution in [0.1, 0.15) is 40.0 Å². The van der Waals surface area contributed by atoms with Gasteiger partial charge in [0.2, 0.25) is 0 Å². The van der Waals surface area contributed by atoms with Gasteiger partial charge in [-0.05, 0) is 30.6 Å². The maximum Gasteiger partial charge on any atom is 0.325 e. The Morgan fingerprint density at radius 2 is 2.12 bits per heavy atom. The number of carbonyl (C=O) groups excluding carboxylic acids is 1. The Hall–Kier alpha value is -0.610. The van der Waals surface area contributed by atoms with Crippen LogP contribution in [0, 0.1) is 11.3 Å². The number of methoxy groups -OCH3 is 1. The van der Waals surface area contributed by atoms with Crippen LogP contribution in [0.3, 0.4) is 0 Å². The van der Waals surface area contributed by atoms with Crippen molar-refractivity contribution in [3.05, 3.63) is 0 Å². The van der Waals surface area contributed by atoms with Gasteiger partial charge in [-0.1, -0.05) is 20.8 Å². The van der Waals surface area contributed by atoms with E-state index in [9.17, 15) is 4.79 Å². The van der Waals surface area contributed by atoms with E-state index in [2.05, 4.69) is 25.5 Å². The van der Waals surface area contributed by atoms with Crippen molar-refractivity contribution in [3.63, 3.8) is 0 Å². The highest BCUT2D eigenvalue weighted by Crippen LogP contribution is 2.39. The number of nitrogens with two attached hydrogens (primary N) is 1. The van der Waals surface area contributed by atoms with Crippen molar-refractivity contribution in [1.29, 1.82) is 0 Å². The first-order chi connectivity index (χ1) is 7.84. The molecule has 4 heteroatoms. The number of rotatable bonds is 4. The summed E-state index contributed by atoms with van der Waals surface area (Å²) in [5.74, 6) is 0.256. The molecule has 2 N–H and O–H groups in total. The fourth-order valence-electron chi connectivity index (χ4n) is 2.84. The molecule has 0 aliphatic heterocycles. The smallest absolute Gasteiger partial charge is 0.325 e. The molecule has 0 radical (unpaired) electrons. The van der Waals surface area contributed by atoms with Gasteiger partial charge in [-0.2, -0.15) is 0 Å². The minimum absolute atomic E-state index is 0.212. The van der Waals surface area contributed by atoms with Crippen molar-refractivity contribution in [2.24, 2.45) is 17.1 Å². The third-order valence-corrected chi connectivity index (χ3v) is 3.36. The van der Waals surface area contributed by atoms with E-state index in [-0.39, 0.29) is 12.7 Å². The molecule has 17 heavy (non-hydrogen) atoms. The van der Waals surface area contributed by atoms with Crippen LogP contribution < -0.4 is 5.73 Å². The summed E-state index contributed by atoms with van der Waals surface area (Å²) in [6, 6.07) is -0.666. The predicted molar refractivity (Wildman–Crippen MR) is 66.5 cm³/mol. The third kappa shape index (κ3) is 4.64. The zero-order valence-corrected chi connectivity index (χ0v) is 11.4. The maximum atomic E-state index is 11.1. The lowest BCUT2D eigenvalue weighted by Gasteiger charge is -2.39. The molecule has 0 spiro atoms. The van der Waals surface area contributed by atoms with Crippen LogP contribution in [0.5, 0.6) is 0 Å². The minimum atomic E-state index is -0.666. The largest absolute Gasteiger partial charge is 0.468 e. The summed E-state index contributed by atoms with van der Waals surface area (Å²) in [4.78, 5) is 11.1. The van der Waals surface area contributed by atoms with Crippen LogP contribution in [0.15, 0.2) is 0 Å². The Bertz CT molecular complexity index is 265. The monoisotopic (exact) mass is 243 g/mol. The molecule has 3 atom stereocenters. The van der Waals surface area contributed by atoms with Gasteiger partial charge in [0.05, 0.1) is 19.8 Å². The highest BCUT2D eigenvalue weighted by atomic mass is 16.5. The predicted octanol–water partition coefficient (Wildman–Crippen LogP) is 1.72. The normalized spacial score (nSPS) is 29.7. The number of ether oxygens (including phenoxy) is 2. The molecule has 1 aliphatic rings. The van der Waals surface area contributed by atoms with Crippen LogP contribution in [0.2, 0.25) is 0 Å². The lowest BCUT2D eigenvalue weighted by atomic mass is 9.71. The second kappa shape index (κ2) is 5.83. The van der Waals surface area contributed by atoms with Crippen molar-refractivity contribution in [2.75, 3.05) is 13.7 Å². The molecule has 4 nitrogen and oxygen atoms in total. The highest BCUT2D eigenvalue weighted by molar-refractivity contribution is 5.75. The van der Waals surface area contributed by atoms with E-state index < -0.39 is 12.0 Å². The van der Waals surface area contributed by atoms with Crippen LogP contribution >= 0.6 is 0 Å². The van der Waals surface area contributed by atoms with Crippen LogP contribution in [0.4, 0.5) is 0 Å². The lowest BCUT2D eigenvalue weighted by Crippen LogP contribution is -2.40. The molecule has 1 saturated carbocycles. The van der Waals surface area contributed by atoms with Gasteiger partial charge in [0.25, 0.3) is 0 Å². The summed E-state index contributed by atoms with van der Waals surface area (Å²) in [5, 5.41) is 0. The van der Waals surface area contributed by atoms with Crippen molar-refractivity contribution in [1.82, 2.24) is 0 Å². The van der Waals surface area contributed by atoms with Gasteiger partial charge in [-0.15, -0.1) is 0 Å². The SMILES string of the molecule is COC(=O)C(N)COC1CC(C)CC(C)(C)C1. The first kappa shape index (κ1) is 14.5. The van der Waals surface area contributed by atoms with Crippen LogP contribution in [-0.2, 0) is 14.3 Å². The summed E-state index contributed by atoms with van der Waals surface area (Å²) in [7, 11) is 1.34. The molecule has 0 aromatic heterocycles. The summed E-state index contributed by atoms with van der Waals surface area (Å²) < 4.78 is 10.3. The first-order valence-corrected chi connectivity index (χ1v) is 6.29. The van der Waals surface area contributed by atoms with E-state index in [0.717, 1.165) is 12.8 Å². The van der Waals surface area contributed by atoms with Crippen molar-refractivity contribution in [3.8, 4) is 0 Å². The third-order valence-electron chi connectivity index (χ3n) is 3.36. The van der Waals surface area contributed by atoms with Gasteiger partial charge in [-0.25, -0.2) is 0 Å². The lowest BCUT2D eigenvalue weighted by molar-refractivity contribution is -0.144. The van der Waals surface area contributed by atoms with Gasteiger partial charge in [0, 0.05) is 0 Å². The summed E-state index contributed by atoms with van der Waals surface area (Å²) >= 11 is 0. The molecular formula is C13H25NO3. The fraction of sp³-hybridized carbons (Fsp3) is 0.923. The second-order valence-corrected chi connectivity index (χ2v) is 6.00. The molecule has 0 bridgehead atoms. The van der Waals surface area contributed by atoms with Gasteiger partial charge in [0.1, 0.15) is 6.04 Å². The van der Waals surface area contributed by atoms with Crippen molar-refractivity contribution >= 4 is 5.97 Å². The van der Waals surface area contributed by atoms with E-state index in [1.54, 1.807) is 0 Å². The summed E-state index contributed by atoms with van der Waals surface area (Å²) in [6.07, 6.45) is 3.53. The zero-order chi connectivity index (χ0) is 13.1. The fourth-order valence-corrected chi connectivity index (χ4v) is 2.84. The Morgan fingerprint density at radius 3 is 2.65 bits per heavy atom. The molecule has 1 rings (SSSR count). The molecule has 0 heterocycles. The molecule has 0 aromatic rings. The van der Waals surface area contributed by atoms with E-state index in [1.807, 2.05) is 0 Å². The molecule has 0 saturated heterocycles. The number of hydrogen-bond acceptors (Lipinski definition) is 4. The minimum Gasteiger partial charge on any atom is -0.468 e.